The number of carbonyl (C=O) groups excluding carboxylic acids is 2. The van der Waals surface area contributed by atoms with Gasteiger partial charge in [0.15, 0.2) is 0 Å². The fourth-order valence-corrected chi connectivity index (χ4v) is 4.00. The summed E-state index contributed by atoms with van der Waals surface area (Å²) in [6.45, 7) is 9.51. The second-order valence-electron chi connectivity index (χ2n) is 9.85. The molecule has 0 fully saturated rings. The average Bonchev–Trinajstić information content (AvgIpc) is 2.91. The molecule has 6 nitrogen and oxygen atoms in total. The summed E-state index contributed by atoms with van der Waals surface area (Å²) >= 11 is 0. The van der Waals surface area contributed by atoms with Gasteiger partial charge in [-0.25, -0.2) is 0 Å². The first-order chi connectivity index (χ1) is 17.8. The van der Waals surface area contributed by atoms with Gasteiger partial charge in [-0.3, -0.25) is 14.6 Å². The van der Waals surface area contributed by atoms with E-state index >= 15 is 0 Å². The normalized spacial score (nSPS) is 11.7. The van der Waals surface area contributed by atoms with Crippen molar-refractivity contribution in [3.63, 3.8) is 0 Å². The van der Waals surface area contributed by atoms with Crippen molar-refractivity contribution < 1.29 is 19.1 Å². The third kappa shape index (κ3) is 8.45. The Labute approximate surface area is 220 Å². The van der Waals surface area contributed by atoms with E-state index in [-0.39, 0.29) is 24.8 Å². The predicted octanol–water partition coefficient (Wildman–Crippen LogP) is 6.12. The second-order valence-corrected chi connectivity index (χ2v) is 9.85. The van der Waals surface area contributed by atoms with Gasteiger partial charge in [0.2, 0.25) is 0 Å². The van der Waals surface area contributed by atoms with Crippen molar-refractivity contribution in [1.82, 2.24) is 10.3 Å². The lowest BCUT2D eigenvalue weighted by molar-refractivity contribution is -0.140. The van der Waals surface area contributed by atoms with Gasteiger partial charge in [0.1, 0.15) is 5.75 Å². The zero-order valence-corrected chi connectivity index (χ0v) is 22.5. The molecule has 1 heterocycles. The molecule has 0 aliphatic carbocycles. The molecule has 1 unspecified atom stereocenters. The molecule has 0 bridgehead atoms. The van der Waals surface area contributed by atoms with Crippen molar-refractivity contribution in [3.8, 4) is 17.0 Å². The summed E-state index contributed by atoms with van der Waals surface area (Å²) in [6, 6.07) is 18.2. The first kappa shape index (κ1) is 27.9. The molecule has 0 radical (unpaired) electrons. The molecule has 196 valence electrons. The number of nitrogens with zero attached hydrogens (tertiary/aromatic N) is 1. The molecule has 3 aromatic rings. The molecule has 2 aromatic carbocycles. The summed E-state index contributed by atoms with van der Waals surface area (Å²) in [5.74, 6) is 1.13. The highest BCUT2D eigenvalue weighted by Gasteiger charge is 2.10. The Kier molecular flexibility index (Phi) is 10.2. The Morgan fingerprint density at radius 1 is 1.00 bits per heavy atom. The molecule has 0 spiro atoms. The molecule has 0 aliphatic heterocycles. The summed E-state index contributed by atoms with van der Waals surface area (Å²) < 4.78 is 10.6. The number of nitrogens with one attached hydrogen (secondary N) is 1. The molecule has 1 aromatic heterocycles. The second kappa shape index (κ2) is 13.6. The minimum Gasteiger partial charge on any atom is -0.492 e. The van der Waals surface area contributed by atoms with Crippen LogP contribution in [-0.2, 0) is 16.0 Å². The van der Waals surface area contributed by atoms with E-state index in [4.69, 9.17) is 4.74 Å². The number of rotatable bonds is 12. The van der Waals surface area contributed by atoms with E-state index in [9.17, 15) is 9.59 Å². The highest BCUT2D eigenvalue weighted by atomic mass is 16.5. The van der Waals surface area contributed by atoms with Gasteiger partial charge < -0.3 is 14.8 Å². The first-order valence-corrected chi connectivity index (χ1v) is 12.9. The van der Waals surface area contributed by atoms with Crippen LogP contribution in [0.5, 0.6) is 5.75 Å². The summed E-state index contributed by atoms with van der Waals surface area (Å²) in [5, 5.41) is 2.73. The van der Waals surface area contributed by atoms with Crippen LogP contribution in [-0.4, -0.2) is 37.1 Å². The number of methoxy groups -OCH3 is 1. The number of aryl methyl sites for hydroxylation is 2. The number of benzene rings is 2. The third-order valence-corrected chi connectivity index (χ3v) is 6.42. The Bertz CT molecular complexity index is 1170. The van der Waals surface area contributed by atoms with Crippen LogP contribution in [0, 0.1) is 12.8 Å². The third-order valence-electron chi connectivity index (χ3n) is 6.42. The summed E-state index contributed by atoms with van der Waals surface area (Å²) in [5.41, 5.74) is 6.26. The molecule has 0 saturated heterocycles. The topological polar surface area (TPSA) is 77.5 Å². The first-order valence-electron chi connectivity index (χ1n) is 12.9. The lowest BCUT2D eigenvalue weighted by Crippen LogP contribution is -2.26. The molecular weight excluding hydrogens is 464 g/mol. The quantitative estimate of drug-likeness (QED) is 0.302. The molecule has 6 heteroatoms. The van der Waals surface area contributed by atoms with Gasteiger partial charge >= 0.3 is 5.97 Å². The van der Waals surface area contributed by atoms with Crippen molar-refractivity contribution in [2.45, 2.75) is 52.9 Å². The Balaban J connectivity index is 1.44. The van der Waals surface area contributed by atoms with Crippen LogP contribution in [0.15, 0.2) is 60.8 Å². The van der Waals surface area contributed by atoms with Crippen LogP contribution >= 0.6 is 0 Å². The zero-order valence-electron chi connectivity index (χ0n) is 22.5. The molecule has 1 atom stereocenters. The molecule has 3 rings (SSSR count). The van der Waals surface area contributed by atoms with Crippen LogP contribution in [0.3, 0.4) is 0 Å². The monoisotopic (exact) mass is 502 g/mol. The van der Waals surface area contributed by atoms with E-state index in [0.29, 0.717) is 24.0 Å². The zero-order chi connectivity index (χ0) is 26.8. The van der Waals surface area contributed by atoms with E-state index in [0.717, 1.165) is 35.4 Å². The van der Waals surface area contributed by atoms with Gasteiger partial charge in [0, 0.05) is 17.7 Å². The maximum Gasteiger partial charge on any atom is 0.307 e. The standard InChI is InChI=1S/C31H38N2O4/c1-21(2)25-12-14-26(15-13-25)30-23(4)18-28(19-33-30)37-20-22(3)6-7-24-8-10-27(11-9-24)31(35)32-17-16-29(34)36-5/h8-15,18-19,21-22H,6-7,16-17,20H2,1-5H3,(H,32,35). The van der Waals surface area contributed by atoms with Crippen molar-refractivity contribution in [2.24, 2.45) is 5.92 Å². The molecule has 0 aliphatic rings. The fraction of sp³-hybridized carbons (Fsp3) is 0.387. The van der Waals surface area contributed by atoms with Gasteiger partial charge in [-0.05, 0) is 66.5 Å². The van der Waals surface area contributed by atoms with Gasteiger partial charge in [-0.2, -0.15) is 0 Å². The number of hydrogen-bond donors (Lipinski definition) is 1. The number of ether oxygens (including phenoxy) is 2. The average molecular weight is 503 g/mol. The smallest absolute Gasteiger partial charge is 0.307 e. The Morgan fingerprint density at radius 2 is 1.70 bits per heavy atom. The van der Waals surface area contributed by atoms with Crippen molar-refractivity contribution in [3.05, 3.63) is 83.0 Å². The number of amides is 1. The number of aromatic nitrogens is 1. The number of hydrogen-bond acceptors (Lipinski definition) is 5. The molecule has 1 N–H and O–H groups in total. The van der Waals surface area contributed by atoms with Crippen molar-refractivity contribution >= 4 is 11.9 Å². The minimum atomic E-state index is -0.343. The molecule has 0 saturated carbocycles. The van der Waals surface area contributed by atoms with Crippen LogP contribution in [0.2, 0.25) is 0 Å². The van der Waals surface area contributed by atoms with E-state index in [2.05, 4.69) is 73.1 Å². The maximum absolute atomic E-state index is 12.2. The number of pyridine rings is 1. The lowest BCUT2D eigenvalue weighted by atomic mass is 9.99. The molecule has 37 heavy (non-hydrogen) atoms. The summed E-state index contributed by atoms with van der Waals surface area (Å²) in [7, 11) is 1.33. The summed E-state index contributed by atoms with van der Waals surface area (Å²) in [4.78, 5) is 28.0. The molecule has 1 amide bonds. The van der Waals surface area contributed by atoms with Gasteiger partial charge in [-0.1, -0.05) is 57.2 Å². The Morgan fingerprint density at radius 3 is 2.32 bits per heavy atom. The Hall–Kier alpha value is -3.67. The number of esters is 1. The molecular formula is C31H38N2O4. The van der Waals surface area contributed by atoms with E-state index in [1.165, 1.54) is 18.2 Å². The summed E-state index contributed by atoms with van der Waals surface area (Å²) in [6.07, 6.45) is 3.83. The minimum absolute atomic E-state index is 0.159. The number of carbonyl (C=O) groups is 2. The SMILES string of the molecule is COC(=O)CCNC(=O)c1ccc(CCC(C)COc2cnc(-c3ccc(C(C)C)cc3)c(C)c2)cc1. The van der Waals surface area contributed by atoms with Gasteiger partial charge in [0.05, 0.1) is 32.0 Å². The van der Waals surface area contributed by atoms with E-state index in [1.54, 1.807) is 6.20 Å². The predicted molar refractivity (Wildman–Crippen MR) is 147 cm³/mol. The van der Waals surface area contributed by atoms with Gasteiger partial charge in [0.25, 0.3) is 5.91 Å². The highest BCUT2D eigenvalue weighted by Crippen LogP contribution is 2.26. The maximum atomic E-state index is 12.2. The van der Waals surface area contributed by atoms with Crippen LogP contribution in [0.25, 0.3) is 11.3 Å². The van der Waals surface area contributed by atoms with Gasteiger partial charge in [-0.15, -0.1) is 0 Å². The van der Waals surface area contributed by atoms with Crippen LogP contribution in [0.4, 0.5) is 0 Å². The highest BCUT2D eigenvalue weighted by molar-refractivity contribution is 5.94. The van der Waals surface area contributed by atoms with Crippen molar-refractivity contribution in [1.29, 1.82) is 0 Å². The van der Waals surface area contributed by atoms with E-state index in [1.807, 2.05) is 24.3 Å². The van der Waals surface area contributed by atoms with Crippen LogP contribution < -0.4 is 10.1 Å². The fourth-order valence-electron chi connectivity index (χ4n) is 4.00. The lowest BCUT2D eigenvalue weighted by Gasteiger charge is -2.15. The van der Waals surface area contributed by atoms with Crippen LogP contribution in [0.1, 0.15) is 66.6 Å². The largest absolute Gasteiger partial charge is 0.492 e. The van der Waals surface area contributed by atoms with E-state index < -0.39 is 0 Å². The van der Waals surface area contributed by atoms with Crippen molar-refractivity contribution in [2.75, 3.05) is 20.3 Å².